The summed E-state index contributed by atoms with van der Waals surface area (Å²) in [6.07, 6.45) is 1.24. The molecule has 0 spiro atoms. The summed E-state index contributed by atoms with van der Waals surface area (Å²) in [5, 5.41) is 3.67. The smallest absolute Gasteiger partial charge is 0.261 e. The number of amides is 2. The number of methoxy groups -OCH3 is 2. The van der Waals surface area contributed by atoms with E-state index in [1.54, 1.807) is 36.4 Å². The normalized spacial score (nSPS) is 11.5. The Morgan fingerprint density at radius 3 is 2.15 bits per heavy atom. The lowest BCUT2D eigenvalue weighted by Gasteiger charge is -2.30. The van der Waals surface area contributed by atoms with Crippen molar-refractivity contribution in [3.63, 3.8) is 0 Å². The van der Waals surface area contributed by atoms with Crippen LogP contribution in [0.4, 0.5) is 0 Å². The molecule has 0 radical (unpaired) electrons. The SMILES string of the molecule is CCCNC(=O)C(CC)N(Cc1ccc(Cl)c(Cl)c1)C(=O)COc1cc(OC)cc(OC)c1. The molecular formula is C24H30Cl2N2O5. The van der Waals surface area contributed by atoms with Gasteiger partial charge in [-0.2, -0.15) is 0 Å². The van der Waals surface area contributed by atoms with Gasteiger partial charge in [0.2, 0.25) is 5.91 Å². The number of hydrogen-bond acceptors (Lipinski definition) is 5. The van der Waals surface area contributed by atoms with E-state index >= 15 is 0 Å². The summed E-state index contributed by atoms with van der Waals surface area (Å²) in [4.78, 5) is 27.6. The van der Waals surface area contributed by atoms with Crippen molar-refractivity contribution in [1.29, 1.82) is 0 Å². The van der Waals surface area contributed by atoms with E-state index < -0.39 is 6.04 Å². The zero-order chi connectivity index (χ0) is 24.4. The highest BCUT2D eigenvalue weighted by Crippen LogP contribution is 2.28. The number of benzene rings is 2. The monoisotopic (exact) mass is 496 g/mol. The van der Waals surface area contributed by atoms with E-state index in [4.69, 9.17) is 37.4 Å². The van der Waals surface area contributed by atoms with Gasteiger partial charge < -0.3 is 24.4 Å². The Kier molecular flexibility index (Phi) is 10.6. The Morgan fingerprint density at radius 2 is 1.61 bits per heavy atom. The van der Waals surface area contributed by atoms with Crippen molar-refractivity contribution in [3.05, 3.63) is 52.0 Å². The molecule has 0 aliphatic rings. The maximum Gasteiger partial charge on any atom is 0.261 e. The van der Waals surface area contributed by atoms with Crippen molar-refractivity contribution in [3.8, 4) is 17.2 Å². The van der Waals surface area contributed by atoms with E-state index in [0.29, 0.717) is 40.3 Å². The molecule has 1 unspecified atom stereocenters. The van der Waals surface area contributed by atoms with Crippen LogP contribution < -0.4 is 19.5 Å². The second-order valence-electron chi connectivity index (χ2n) is 7.32. The van der Waals surface area contributed by atoms with Crippen molar-refractivity contribution in [2.45, 2.75) is 39.3 Å². The summed E-state index contributed by atoms with van der Waals surface area (Å²) >= 11 is 12.2. The van der Waals surface area contributed by atoms with E-state index in [1.165, 1.54) is 19.1 Å². The van der Waals surface area contributed by atoms with Gasteiger partial charge in [-0.15, -0.1) is 0 Å². The third-order valence-corrected chi connectivity index (χ3v) is 5.70. The Labute approximate surface area is 204 Å². The topological polar surface area (TPSA) is 77.1 Å². The van der Waals surface area contributed by atoms with Gasteiger partial charge in [-0.1, -0.05) is 43.1 Å². The van der Waals surface area contributed by atoms with Crippen LogP contribution in [0.1, 0.15) is 32.3 Å². The number of carbonyl (C=O) groups is 2. The Morgan fingerprint density at radius 1 is 0.970 bits per heavy atom. The zero-order valence-electron chi connectivity index (χ0n) is 19.3. The lowest BCUT2D eigenvalue weighted by molar-refractivity contribution is -0.143. The third kappa shape index (κ3) is 7.72. The summed E-state index contributed by atoms with van der Waals surface area (Å²) in [6, 6.07) is 9.49. The van der Waals surface area contributed by atoms with Crippen molar-refractivity contribution in [2.75, 3.05) is 27.4 Å². The molecule has 2 amide bonds. The minimum Gasteiger partial charge on any atom is -0.496 e. The van der Waals surface area contributed by atoms with Gasteiger partial charge in [0.05, 0.1) is 24.3 Å². The predicted molar refractivity (Wildman–Crippen MR) is 129 cm³/mol. The molecule has 0 aliphatic carbocycles. The Hall–Kier alpha value is -2.64. The molecule has 0 aromatic heterocycles. The van der Waals surface area contributed by atoms with Crippen molar-refractivity contribution >= 4 is 35.0 Å². The van der Waals surface area contributed by atoms with Crippen LogP contribution in [0.2, 0.25) is 10.0 Å². The highest BCUT2D eigenvalue weighted by molar-refractivity contribution is 6.42. The molecule has 0 heterocycles. The molecule has 2 aromatic carbocycles. The molecule has 9 heteroatoms. The van der Waals surface area contributed by atoms with E-state index in [0.717, 1.165) is 12.0 Å². The number of hydrogen-bond donors (Lipinski definition) is 1. The molecule has 33 heavy (non-hydrogen) atoms. The third-order valence-electron chi connectivity index (χ3n) is 4.96. The lowest BCUT2D eigenvalue weighted by atomic mass is 10.1. The summed E-state index contributed by atoms with van der Waals surface area (Å²) < 4.78 is 16.2. The second-order valence-corrected chi connectivity index (χ2v) is 8.14. The fraction of sp³-hybridized carbons (Fsp3) is 0.417. The van der Waals surface area contributed by atoms with Crippen LogP contribution in [-0.2, 0) is 16.1 Å². The summed E-state index contributed by atoms with van der Waals surface area (Å²) in [6.45, 7) is 4.27. The van der Waals surface area contributed by atoms with Gasteiger partial charge in [-0.3, -0.25) is 9.59 Å². The molecule has 1 atom stereocenters. The average molecular weight is 497 g/mol. The Balaban J connectivity index is 2.26. The van der Waals surface area contributed by atoms with Gasteiger partial charge in [0.15, 0.2) is 6.61 Å². The van der Waals surface area contributed by atoms with Crippen LogP contribution in [0, 0.1) is 0 Å². The van der Waals surface area contributed by atoms with Crippen LogP contribution in [0.25, 0.3) is 0 Å². The molecule has 0 aliphatic heterocycles. The fourth-order valence-corrected chi connectivity index (χ4v) is 3.53. The minimum atomic E-state index is -0.665. The van der Waals surface area contributed by atoms with Crippen LogP contribution >= 0.6 is 23.2 Å². The summed E-state index contributed by atoms with van der Waals surface area (Å²) in [7, 11) is 3.06. The van der Waals surface area contributed by atoms with Crippen LogP contribution in [0.15, 0.2) is 36.4 Å². The number of nitrogens with zero attached hydrogens (tertiary/aromatic N) is 1. The number of carbonyl (C=O) groups excluding carboxylic acids is 2. The van der Waals surface area contributed by atoms with Crippen LogP contribution in [0.5, 0.6) is 17.2 Å². The second kappa shape index (κ2) is 13.2. The molecule has 2 rings (SSSR count). The fourth-order valence-electron chi connectivity index (χ4n) is 3.21. The summed E-state index contributed by atoms with van der Waals surface area (Å²) in [5.41, 5.74) is 0.752. The highest BCUT2D eigenvalue weighted by atomic mass is 35.5. The minimum absolute atomic E-state index is 0.179. The number of rotatable bonds is 12. The first-order chi connectivity index (χ1) is 15.8. The maximum absolute atomic E-state index is 13.3. The van der Waals surface area contributed by atoms with Crippen LogP contribution in [-0.4, -0.2) is 50.1 Å². The van der Waals surface area contributed by atoms with Gasteiger partial charge in [-0.25, -0.2) is 0 Å². The van der Waals surface area contributed by atoms with Crippen LogP contribution in [0.3, 0.4) is 0 Å². The molecule has 0 saturated heterocycles. The first kappa shape index (κ1) is 26.6. The van der Waals surface area contributed by atoms with E-state index in [9.17, 15) is 9.59 Å². The highest BCUT2D eigenvalue weighted by Gasteiger charge is 2.29. The van der Waals surface area contributed by atoms with Gasteiger partial charge >= 0.3 is 0 Å². The first-order valence-corrected chi connectivity index (χ1v) is 11.4. The molecule has 0 fully saturated rings. The quantitative estimate of drug-likeness (QED) is 0.459. The molecule has 2 aromatic rings. The number of halogens is 2. The van der Waals surface area contributed by atoms with E-state index in [2.05, 4.69) is 5.32 Å². The van der Waals surface area contributed by atoms with Gasteiger partial charge in [0.25, 0.3) is 5.91 Å². The van der Waals surface area contributed by atoms with E-state index in [1.807, 2.05) is 13.8 Å². The largest absolute Gasteiger partial charge is 0.496 e. The maximum atomic E-state index is 13.3. The standard InChI is InChI=1S/C24H30Cl2N2O5/c1-5-9-27-24(30)22(6-2)28(14-16-7-8-20(25)21(26)10-16)23(29)15-33-19-12-17(31-3)11-18(13-19)32-4/h7-8,10-13,22H,5-6,9,14-15H2,1-4H3,(H,27,30). The zero-order valence-corrected chi connectivity index (χ0v) is 20.8. The van der Waals surface area contributed by atoms with Crippen molar-refractivity contribution in [2.24, 2.45) is 0 Å². The van der Waals surface area contributed by atoms with Crippen molar-refractivity contribution < 1.29 is 23.8 Å². The van der Waals surface area contributed by atoms with Crippen molar-refractivity contribution in [1.82, 2.24) is 10.2 Å². The molecule has 1 N–H and O–H groups in total. The summed E-state index contributed by atoms with van der Waals surface area (Å²) in [5.74, 6) is 0.930. The van der Waals surface area contributed by atoms with Gasteiger partial charge in [-0.05, 0) is 30.5 Å². The molecular weight excluding hydrogens is 467 g/mol. The molecule has 0 saturated carbocycles. The predicted octanol–water partition coefficient (Wildman–Crippen LogP) is 4.72. The lowest BCUT2D eigenvalue weighted by Crippen LogP contribution is -2.50. The number of ether oxygens (including phenoxy) is 3. The molecule has 180 valence electrons. The molecule has 0 bridgehead atoms. The molecule has 7 nitrogen and oxygen atoms in total. The van der Waals surface area contributed by atoms with Gasteiger partial charge in [0.1, 0.15) is 23.3 Å². The van der Waals surface area contributed by atoms with E-state index in [-0.39, 0.29) is 25.0 Å². The Bertz CT molecular complexity index is 932. The average Bonchev–Trinajstić information content (AvgIpc) is 2.82. The van der Waals surface area contributed by atoms with Gasteiger partial charge in [0, 0.05) is 31.3 Å². The first-order valence-electron chi connectivity index (χ1n) is 10.7. The number of nitrogens with one attached hydrogen (secondary N) is 1.